The van der Waals surface area contributed by atoms with Crippen LogP contribution in [0, 0.1) is 11.3 Å². The third kappa shape index (κ3) is 4.21. The van der Waals surface area contributed by atoms with Gasteiger partial charge < -0.3 is 10.1 Å². The van der Waals surface area contributed by atoms with Crippen molar-refractivity contribution in [2.75, 3.05) is 13.7 Å². The SMILES string of the molecule is CNCc1cc(Br)ccc1OCCCC#N. The Morgan fingerprint density at radius 2 is 2.31 bits per heavy atom. The van der Waals surface area contributed by atoms with Crippen LogP contribution in [0.1, 0.15) is 18.4 Å². The number of ether oxygens (including phenoxy) is 1. The second-order valence-corrected chi connectivity index (χ2v) is 4.31. The van der Waals surface area contributed by atoms with Crippen LogP contribution in [0.15, 0.2) is 22.7 Å². The zero-order valence-electron chi connectivity index (χ0n) is 9.29. The molecule has 1 N–H and O–H groups in total. The van der Waals surface area contributed by atoms with Crippen LogP contribution in [0.5, 0.6) is 5.75 Å². The van der Waals surface area contributed by atoms with Gasteiger partial charge in [-0.3, -0.25) is 0 Å². The predicted octanol–water partition coefficient (Wildman–Crippen LogP) is 2.85. The van der Waals surface area contributed by atoms with Crippen LogP contribution in [-0.4, -0.2) is 13.7 Å². The Balaban J connectivity index is 2.60. The molecule has 0 bridgehead atoms. The number of hydrogen-bond acceptors (Lipinski definition) is 3. The average Bonchev–Trinajstić information content (AvgIpc) is 2.27. The minimum Gasteiger partial charge on any atom is -0.493 e. The Kier molecular flexibility index (Phi) is 5.91. The third-order valence-corrected chi connectivity index (χ3v) is 2.57. The van der Waals surface area contributed by atoms with Crippen LogP contribution in [-0.2, 0) is 6.54 Å². The Bertz CT molecular complexity index is 374. The topological polar surface area (TPSA) is 45.0 Å². The fraction of sp³-hybridized carbons (Fsp3) is 0.417. The van der Waals surface area contributed by atoms with Crippen LogP contribution < -0.4 is 10.1 Å². The van der Waals surface area contributed by atoms with Gasteiger partial charge in [0.1, 0.15) is 5.75 Å². The number of unbranched alkanes of at least 4 members (excludes halogenated alkanes) is 1. The Morgan fingerprint density at radius 1 is 1.50 bits per heavy atom. The summed E-state index contributed by atoms with van der Waals surface area (Å²) in [6.45, 7) is 1.36. The highest BCUT2D eigenvalue weighted by atomic mass is 79.9. The van der Waals surface area contributed by atoms with E-state index in [1.807, 2.05) is 25.2 Å². The van der Waals surface area contributed by atoms with Gasteiger partial charge in [0.2, 0.25) is 0 Å². The maximum Gasteiger partial charge on any atom is 0.123 e. The van der Waals surface area contributed by atoms with Crippen molar-refractivity contribution in [1.82, 2.24) is 5.32 Å². The summed E-state index contributed by atoms with van der Waals surface area (Å²) in [5.74, 6) is 0.885. The van der Waals surface area contributed by atoms with E-state index < -0.39 is 0 Å². The number of nitrogens with one attached hydrogen (secondary N) is 1. The molecule has 0 amide bonds. The Labute approximate surface area is 105 Å². The van der Waals surface area contributed by atoms with Crippen molar-refractivity contribution in [3.8, 4) is 11.8 Å². The maximum atomic E-state index is 8.42. The predicted molar refractivity (Wildman–Crippen MR) is 67.2 cm³/mol. The largest absolute Gasteiger partial charge is 0.493 e. The van der Waals surface area contributed by atoms with E-state index in [9.17, 15) is 0 Å². The van der Waals surface area contributed by atoms with E-state index in [0.29, 0.717) is 13.0 Å². The zero-order valence-corrected chi connectivity index (χ0v) is 10.9. The van der Waals surface area contributed by atoms with Crippen LogP contribution in [0.4, 0.5) is 0 Å². The third-order valence-electron chi connectivity index (χ3n) is 2.08. The minimum atomic E-state index is 0.540. The molecule has 0 aliphatic heterocycles. The summed E-state index contributed by atoms with van der Waals surface area (Å²) in [6.07, 6.45) is 1.31. The zero-order chi connectivity index (χ0) is 11.8. The van der Waals surface area contributed by atoms with E-state index in [1.165, 1.54) is 0 Å². The van der Waals surface area contributed by atoms with Crippen molar-refractivity contribution >= 4 is 15.9 Å². The monoisotopic (exact) mass is 282 g/mol. The van der Waals surface area contributed by atoms with Crippen LogP contribution in [0.3, 0.4) is 0 Å². The van der Waals surface area contributed by atoms with E-state index in [0.717, 1.165) is 28.8 Å². The van der Waals surface area contributed by atoms with Gasteiger partial charge in [0.15, 0.2) is 0 Å². The summed E-state index contributed by atoms with van der Waals surface area (Å²) in [5.41, 5.74) is 1.12. The standard InChI is InChI=1S/C12H15BrN2O/c1-15-9-10-8-11(13)4-5-12(10)16-7-3-2-6-14/h4-5,8,15H,2-3,7,9H2,1H3. The lowest BCUT2D eigenvalue weighted by Gasteiger charge is -2.11. The van der Waals surface area contributed by atoms with Crippen molar-refractivity contribution in [2.45, 2.75) is 19.4 Å². The summed E-state index contributed by atoms with van der Waals surface area (Å²) in [6, 6.07) is 8.05. The van der Waals surface area contributed by atoms with Crippen molar-refractivity contribution < 1.29 is 4.74 Å². The number of nitriles is 1. The van der Waals surface area contributed by atoms with Crippen molar-refractivity contribution in [3.05, 3.63) is 28.2 Å². The molecule has 0 saturated heterocycles. The molecule has 1 rings (SSSR count). The molecule has 0 heterocycles. The smallest absolute Gasteiger partial charge is 0.123 e. The Hall–Kier alpha value is -1.05. The first kappa shape index (κ1) is 13.0. The lowest BCUT2D eigenvalue weighted by atomic mass is 10.2. The maximum absolute atomic E-state index is 8.42. The fourth-order valence-corrected chi connectivity index (χ4v) is 1.76. The highest BCUT2D eigenvalue weighted by Crippen LogP contribution is 2.23. The molecule has 0 aliphatic carbocycles. The van der Waals surface area contributed by atoms with Gasteiger partial charge in [-0.1, -0.05) is 15.9 Å². The quantitative estimate of drug-likeness (QED) is 0.816. The van der Waals surface area contributed by atoms with Crippen LogP contribution in [0.2, 0.25) is 0 Å². The second-order valence-electron chi connectivity index (χ2n) is 3.39. The second kappa shape index (κ2) is 7.26. The van der Waals surface area contributed by atoms with Gasteiger partial charge in [-0.05, 0) is 31.7 Å². The number of rotatable bonds is 6. The first-order chi connectivity index (χ1) is 7.77. The lowest BCUT2D eigenvalue weighted by molar-refractivity contribution is 0.309. The number of halogens is 1. The van der Waals surface area contributed by atoms with Gasteiger partial charge in [0.05, 0.1) is 12.7 Å². The highest BCUT2D eigenvalue weighted by Gasteiger charge is 2.03. The van der Waals surface area contributed by atoms with Crippen molar-refractivity contribution in [2.24, 2.45) is 0 Å². The van der Waals surface area contributed by atoms with Crippen molar-refractivity contribution in [3.63, 3.8) is 0 Å². The molecule has 0 aromatic heterocycles. The van der Waals surface area contributed by atoms with Gasteiger partial charge >= 0.3 is 0 Å². The number of hydrogen-bond donors (Lipinski definition) is 1. The molecule has 0 radical (unpaired) electrons. The molecule has 0 fully saturated rings. The highest BCUT2D eigenvalue weighted by molar-refractivity contribution is 9.10. The first-order valence-corrected chi connectivity index (χ1v) is 6.00. The van der Waals surface area contributed by atoms with Gasteiger partial charge in [-0.2, -0.15) is 5.26 Å². The van der Waals surface area contributed by atoms with E-state index in [2.05, 4.69) is 27.3 Å². The molecular weight excluding hydrogens is 268 g/mol. The molecule has 0 atom stereocenters. The van der Waals surface area contributed by atoms with E-state index in [-0.39, 0.29) is 0 Å². The van der Waals surface area contributed by atoms with Gasteiger partial charge in [0, 0.05) is 23.0 Å². The lowest BCUT2D eigenvalue weighted by Crippen LogP contribution is -2.08. The van der Waals surface area contributed by atoms with Gasteiger partial charge in [-0.25, -0.2) is 0 Å². The first-order valence-electron chi connectivity index (χ1n) is 5.20. The summed E-state index contributed by atoms with van der Waals surface area (Å²) in [4.78, 5) is 0. The van der Waals surface area contributed by atoms with E-state index >= 15 is 0 Å². The minimum absolute atomic E-state index is 0.540. The Morgan fingerprint density at radius 3 is 3.00 bits per heavy atom. The van der Waals surface area contributed by atoms with Gasteiger partial charge in [0.25, 0.3) is 0 Å². The molecule has 4 heteroatoms. The molecule has 1 aromatic carbocycles. The normalized spacial score (nSPS) is 9.81. The summed E-state index contributed by atoms with van der Waals surface area (Å²) in [5, 5.41) is 11.5. The summed E-state index contributed by atoms with van der Waals surface area (Å²) < 4.78 is 6.68. The van der Waals surface area contributed by atoms with E-state index in [4.69, 9.17) is 10.00 Å². The molecule has 0 saturated carbocycles. The summed E-state index contributed by atoms with van der Waals surface area (Å²) in [7, 11) is 1.90. The van der Waals surface area contributed by atoms with Gasteiger partial charge in [-0.15, -0.1) is 0 Å². The average molecular weight is 283 g/mol. The fourth-order valence-electron chi connectivity index (χ4n) is 1.35. The molecular formula is C12H15BrN2O. The molecule has 0 spiro atoms. The van der Waals surface area contributed by atoms with Crippen molar-refractivity contribution in [1.29, 1.82) is 5.26 Å². The molecule has 0 aliphatic rings. The summed E-state index contributed by atoms with van der Waals surface area (Å²) >= 11 is 3.43. The van der Waals surface area contributed by atoms with E-state index in [1.54, 1.807) is 0 Å². The molecule has 1 aromatic rings. The number of nitrogens with zero attached hydrogens (tertiary/aromatic N) is 1. The molecule has 0 unspecified atom stereocenters. The number of benzene rings is 1. The molecule has 3 nitrogen and oxygen atoms in total. The molecule has 86 valence electrons. The van der Waals surface area contributed by atoms with Crippen LogP contribution >= 0.6 is 15.9 Å². The van der Waals surface area contributed by atoms with Crippen LogP contribution in [0.25, 0.3) is 0 Å². The molecule has 16 heavy (non-hydrogen) atoms.